The van der Waals surface area contributed by atoms with Gasteiger partial charge in [-0.25, -0.2) is 9.97 Å². The summed E-state index contributed by atoms with van der Waals surface area (Å²) in [5.74, 6) is 0.636. The lowest BCUT2D eigenvalue weighted by atomic mass is 10.1. The molecule has 0 saturated heterocycles. The highest BCUT2D eigenvalue weighted by Crippen LogP contribution is 2.28. The number of aromatic nitrogens is 2. The van der Waals surface area contributed by atoms with E-state index in [0.29, 0.717) is 11.0 Å². The average molecular weight is 376 g/mol. The van der Waals surface area contributed by atoms with Gasteiger partial charge in [0.1, 0.15) is 5.15 Å². The summed E-state index contributed by atoms with van der Waals surface area (Å²) in [6.07, 6.45) is 0. The molecule has 0 fully saturated rings. The van der Waals surface area contributed by atoms with Crippen LogP contribution in [0.25, 0.3) is 11.4 Å². The van der Waals surface area contributed by atoms with E-state index in [1.54, 1.807) is 0 Å². The van der Waals surface area contributed by atoms with Gasteiger partial charge < -0.3 is 0 Å². The molecule has 0 unspecified atom stereocenters. The van der Waals surface area contributed by atoms with E-state index in [-0.39, 0.29) is 0 Å². The second kappa shape index (κ2) is 5.04. The maximum absolute atomic E-state index is 6.03. The molecule has 0 amide bonds. The lowest BCUT2D eigenvalue weighted by Gasteiger charge is -2.06. The van der Waals surface area contributed by atoms with Gasteiger partial charge in [0, 0.05) is 10.0 Å². The standard InChI is InChI=1S/C12H9Br2ClN2/c1-6-3-4-8(5-9(6)13)12-16-7(2)10(14)11(15)17-12/h3-5H,1-2H3. The minimum atomic E-state index is 0.434. The van der Waals surface area contributed by atoms with E-state index in [9.17, 15) is 0 Å². The van der Waals surface area contributed by atoms with E-state index in [1.165, 1.54) is 5.56 Å². The molecule has 0 aliphatic carbocycles. The Kier molecular flexibility index (Phi) is 3.85. The lowest BCUT2D eigenvalue weighted by Crippen LogP contribution is -1.94. The number of hydrogen-bond donors (Lipinski definition) is 0. The van der Waals surface area contributed by atoms with Gasteiger partial charge >= 0.3 is 0 Å². The molecule has 1 heterocycles. The molecule has 2 aromatic rings. The van der Waals surface area contributed by atoms with Crippen molar-refractivity contribution in [1.29, 1.82) is 0 Å². The van der Waals surface area contributed by atoms with E-state index in [4.69, 9.17) is 11.6 Å². The summed E-state index contributed by atoms with van der Waals surface area (Å²) in [7, 11) is 0. The van der Waals surface area contributed by atoms with Crippen LogP contribution in [0.4, 0.5) is 0 Å². The van der Waals surface area contributed by atoms with Crippen LogP contribution in [0.5, 0.6) is 0 Å². The molecule has 0 spiro atoms. The Bertz CT molecular complexity index is 562. The second-order valence-electron chi connectivity index (χ2n) is 3.70. The summed E-state index contributed by atoms with van der Waals surface area (Å²) >= 11 is 12.9. The zero-order valence-corrected chi connectivity index (χ0v) is 13.2. The Balaban J connectivity index is 2.57. The first-order chi connectivity index (χ1) is 7.99. The van der Waals surface area contributed by atoms with Crippen molar-refractivity contribution in [3.63, 3.8) is 0 Å². The predicted molar refractivity (Wildman–Crippen MR) is 77.4 cm³/mol. The van der Waals surface area contributed by atoms with Crippen LogP contribution < -0.4 is 0 Å². The Labute approximate surface area is 122 Å². The summed E-state index contributed by atoms with van der Waals surface area (Å²) in [6.45, 7) is 3.93. The summed E-state index contributed by atoms with van der Waals surface area (Å²) in [6, 6.07) is 6.00. The quantitative estimate of drug-likeness (QED) is 0.659. The topological polar surface area (TPSA) is 25.8 Å². The van der Waals surface area contributed by atoms with Crippen molar-refractivity contribution >= 4 is 43.5 Å². The van der Waals surface area contributed by atoms with Crippen molar-refractivity contribution in [3.8, 4) is 11.4 Å². The van der Waals surface area contributed by atoms with Crippen molar-refractivity contribution in [2.24, 2.45) is 0 Å². The van der Waals surface area contributed by atoms with Gasteiger partial charge in [0.15, 0.2) is 5.82 Å². The van der Waals surface area contributed by atoms with Crippen LogP contribution in [0, 0.1) is 13.8 Å². The molecule has 0 aliphatic heterocycles. The molecule has 0 atom stereocenters. The van der Waals surface area contributed by atoms with Crippen LogP contribution in [0.2, 0.25) is 5.15 Å². The monoisotopic (exact) mass is 374 g/mol. The molecule has 0 radical (unpaired) electrons. The lowest BCUT2D eigenvalue weighted by molar-refractivity contribution is 1.09. The summed E-state index contributed by atoms with van der Waals surface area (Å²) in [5, 5.41) is 0.434. The van der Waals surface area contributed by atoms with Crippen LogP contribution in [-0.4, -0.2) is 9.97 Å². The third-order valence-electron chi connectivity index (χ3n) is 2.41. The van der Waals surface area contributed by atoms with Gasteiger partial charge in [-0.2, -0.15) is 0 Å². The van der Waals surface area contributed by atoms with Crippen LogP contribution >= 0.6 is 43.5 Å². The smallest absolute Gasteiger partial charge is 0.161 e. The van der Waals surface area contributed by atoms with Crippen LogP contribution in [0.1, 0.15) is 11.3 Å². The molecule has 0 N–H and O–H groups in total. The largest absolute Gasteiger partial charge is 0.232 e. The average Bonchev–Trinajstić information content (AvgIpc) is 2.29. The molecular formula is C12H9Br2ClN2. The first-order valence-electron chi connectivity index (χ1n) is 4.95. The van der Waals surface area contributed by atoms with E-state index in [2.05, 4.69) is 41.8 Å². The van der Waals surface area contributed by atoms with Crippen molar-refractivity contribution in [1.82, 2.24) is 9.97 Å². The number of aryl methyl sites for hydroxylation is 2. The molecule has 17 heavy (non-hydrogen) atoms. The third-order valence-corrected chi connectivity index (χ3v) is 4.71. The molecule has 1 aromatic heterocycles. The van der Waals surface area contributed by atoms with Gasteiger partial charge in [-0.05, 0) is 41.4 Å². The molecular weight excluding hydrogens is 367 g/mol. The van der Waals surface area contributed by atoms with Crippen molar-refractivity contribution in [2.45, 2.75) is 13.8 Å². The van der Waals surface area contributed by atoms with Gasteiger partial charge in [0.2, 0.25) is 0 Å². The fourth-order valence-corrected chi connectivity index (χ4v) is 2.16. The Hall–Kier alpha value is -0.450. The Morgan fingerprint density at radius 1 is 1.12 bits per heavy atom. The van der Waals surface area contributed by atoms with Crippen molar-refractivity contribution in [2.75, 3.05) is 0 Å². The first kappa shape index (κ1) is 13.0. The zero-order valence-electron chi connectivity index (χ0n) is 9.26. The Morgan fingerprint density at radius 3 is 2.41 bits per heavy atom. The maximum atomic E-state index is 6.03. The van der Waals surface area contributed by atoms with Gasteiger partial charge in [0.05, 0.1) is 10.2 Å². The third kappa shape index (κ3) is 2.69. The summed E-state index contributed by atoms with van der Waals surface area (Å²) in [5.41, 5.74) is 2.95. The highest BCUT2D eigenvalue weighted by molar-refractivity contribution is 9.10. The summed E-state index contributed by atoms with van der Waals surface area (Å²) < 4.78 is 1.78. The second-order valence-corrected chi connectivity index (χ2v) is 5.71. The Morgan fingerprint density at radius 2 is 1.82 bits per heavy atom. The minimum absolute atomic E-state index is 0.434. The molecule has 2 rings (SSSR count). The molecule has 0 saturated carbocycles. The number of benzene rings is 1. The normalized spacial score (nSPS) is 10.6. The maximum Gasteiger partial charge on any atom is 0.161 e. The fraction of sp³-hybridized carbons (Fsp3) is 0.167. The van der Waals surface area contributed by atoms with Crippen LogP contribution in [0.15, 0.2) is 27.1 Å². The summed E-state index contributed by atoms with van der Waals surface area (Å²) in [4.78, 5) is 8.67. The van der Waals surface area contributed by atoms with Gasteiger partial charge in [0.25, 0.3) is 0 Å². The van der Waals surface area contributed by atoms with E-state index >= 15 is 0 Å². The number of hydrogen-bond acceptors (Lipinski definition) is 2. The highest BCUT2D eigenvalue weighted by atomic mass is 79.9. The van der Waals surface area contributed by atoms with Crippen molar-refractivity contribution in [3.05, 3.63) is 43.6 Å². The molecule has 0 aliphatic rings. The fourth-order valence-electron chi connectivity index (χ4n) is 1.39. The number of halogens is 3. The molecule has 0 bridgehead atoms. The number of rotatable bonds is 1. The highest BCUT2D eigenvalue weighted by Gasteiger charge is 2.09. The SMILES string of the molecule is Cc1ccc(-c2nc(C)c(Br)c(Cl)n2)cc1Br. The predicted octanol–water partition coefficient (Wildman–Crippen LogP) is 4.94. The molecule has 5 heteroatoms. The minimum Gasteiger partial charge on any atom is -0.232 e. The van der Waals surface area contributed by atoms with E-state index < -0.39 is 0 Å². The first-order valence-corrected chi connectivity index (χ1v) is 6.91. The molecule has 2 nitrogen and oxygen atoms in total. The zero-order chi connectivity index (χ0) is 12.6. The van der Waals surface area contributed by atoms with Gasteiger partial charge in [-0.3, -0.25) is 0 Å². The van der Waals surface area contributed by atoms with Gasteiger partial charge in [-0.15, -0.1) is 0 Å². The van der Waals surface area contributed by atoms with Gasteiger partial charge in [-0.1, -0.05) is 39.7 Å². The van der Waals surface area contributed by atoms with Crippen molar-refractivity contribution < 1.29 is 0 Å². The van der Waals surface area contributed by atoms with E-state index in [1.807, 2.05) is 32.0 Å². The number of nitrogens with zero attached hydrogens (tertiary/aromatic N) is 2. The molecule has 88 valence electrons. The van der Waals surface area contributed by atoms with Crippen LogP contribution in [0.3, 0.4) is 0 Å². The molecule has 1 aromatic carbocycles. The van der Waals surface area contributed by atoms with E-state index in [0.717, 1.165) is 20.2 Å². The van der Waals surface area contributed by atoms with Crippen LogP contribution in [-0.2, 0) is 0 Å².